The molecular formula is C26H22BrN3O2S. The van der Waals surface area contributed by atoms with Crippen LogP contribution in [0.2, 0.25) is 0 Å². The summed E-state index contributed by atoms with van der Waals surface area (Å²) in [5, 5.41) is 6.87. The molecule has 3 aromatic carbocycles. The first-order chi connectivity index (χ1) is 16.1. The summed E-state index contributed by atoms with van der Waals surface area (Å²) in [6.45, 7) is 2.97. The van der Waals surface area contributed by atoms with Gasteiger partial charge in [-0.1, -0.05) is 46.3 Å². The molecule has 2 amide bonds. The van der Waals surface area contributed by atoms with E-state index in [2.05, 4.69) is 26.1 Å². The van der Waals surface area contributed by atoms with Gasteiger partial charge in [-0.2, -0.15) is 0 Å². The number of halogens is 1. The van der Waals surface area contributed by atoms with E-state index in [0.717, 1.165) is 44.6 Å². The van der Waals surface area contributed by atoms with Gasteiger partial charge in [-0.15, -0.1) is 11.3 Å². The number of thiophene rings is 1. The van der Waals surface area contributed by atoms with E-state index in [0.29, 0.717) is 18.7 Å². The van der Waals surface area contributed by atoms with Crippen LogP contribution in [-0.4, -0.2) is 42.9 Å². The Kier molecular flexibility index (Phi) is 6.15. The summed E-state index contributed by atoms with van der Waals surface area (Å²) in [6.07, 6.45) is 0. The summed E-state index contributed by atoms with van der Waals surface area (Å²) >= 11 is 5.04. The Bertz CT molecular complexity index is 1300. The van der Waals surface area contributed by atoms with Crippen molar-refractivity contribution in [3.63, 3.8) is 0 Å². The number of benzene rings is 3. The molecule has 0 radical (unpaired) electrons. The van der Waals surface area contributed by atoms with Gasteiger partial charge in [0, 0.05) is 47.6 Å². The van der Waals surface area contributed by atoms with E-state index in [9.17, 15) is 9.59 Å². The van der Waals surface area contributed by atoms with Crippen LogP contribution < -0.4 is 10.2 Å². The predicted molar refractivity (Wildman–Crippen MR) is 138 cm³/mol. The molecule has 0 spiro atoms. The monoisotopic (exact) mass is 519 g/mol. The van der Waals surface area contributed by atoms with E-state index in [1.165, 1.54) is 11.3 Å². The molecule has 1 fully saturated rings. The number of nitrogens with one attached hydrogen (secondary N) is 1. The second-order valence-electron chi connectivity index (χ2n) is 7.90. The first kappa shape index (κ1) is 21.7. The first-order valence-electron chi connectivity index (χ1n) is 10.8. The summed E-state index contributed by atoms with van der Waals surface area (Å²) in [5.41, 5.74) is 2.48. The van der Waals surface area contributed by atoms with Gasteiger partial charge in [0.2, 0.25) is 0 Å². The average molecular weight is 520 g/mol. The highest BCUT2D eigenvalue weighted by Gasteiger charge is 2.23. The van der Waals surface area contributed by atoms with Crippen molar-refractivity contribution < 1.29 is 9.59 Å². The fraction of sp³-hybridized carbons (Fsp3) is 0.154. The van der Waals surface area contributed by atoms with Gasteiger partial charge in [0.15, 0.2) is 0 Å². The Morgan fingerprint density at radius 1 is 0.818 bits per heavy atom. The van der Waals surface area contributed by atoms with Crippen LogP contribution in [0.4, 0.5) is 11.4 Å². The molecule has 1 N–H and O–H groups in total. The lowest BCUT2D eigenvalue weighted by molar-refractivity contribution is 0.0751. The SMILES string of the molecule is O=C(Nc1ccc(N2CCN(C(=O)c3cccs3)CC2)cc1)c1cccc2c(Br)cccc12. The molecule has 0 bridgehead atoms. The van der Waals surface area contributed by atoms with Crippen LogP contribution in [0.1, 0.15) is 20.0 Å². The second-order valence-corrected chi connectivity index (χ2v) is 9.70. The van der Waals surface area contributed by atoms with E-state index in [1.807, 2.05) is 83.1 Å². The van der Waals surface area contributed by atoms with E-state index in [1.54, 1.807) is 0 Å². The van der Waals surface area contributed by atoms with Crippen molar-refractivity contribution in [1.82, 2.24) is 4.90 Å². The molecule has 1 aromatic heterocycles. The fourth-order valence-electron chi connectivity index (χ4n) is 4.15. The number of rotatable bonds is 4. The predicted octanol–water partition coefficient (Wildman–Crippen LogP) is 5.88. The molecule has 0 saturated carbocycles. The van der Waals surface area contributed by atoms with Gasteiger partial charge in [0.1, 0.15) is 0 Å². The maximum Gasteiger partial charge on any atom is 0.264 e. The van der Waals surface area contributed by atoms with Gasteiger partial charge in [-0.05, 0) is 58.6 Å². The molecule has 0 unspecified atom stereocenters. The van der Waals surface area contributed by atoms with E-state index in [4.69, 9.17) is 0 Å². The van der Waals surface area contributed by atoms with E-state index < -0.39 is 0 Å². The summed E-state index contributed by atoms with van der Waals surface area (Å²) in [6, 6.07) is 23.3. The minimum atomic E-state index is -0.132. The summed E-state index contributed by atoms with van der Waals surface area (Å²) in [4.78, 5) is 30.5. The van der Waals surface area contributed by atoms with Crippen molar-refractivity contribution in [2.75, 3.05) is 36.4 Å². The zero-order chi connectivity index (χ0) is 22.8. The number of piperazine rings is 1. The molecule has 5 rings (SSSR count). The van der Waals surface area contributed by atoms with Crippen molar-refractivity contribution in [3.8, 4) is 0 Å². The van der Waals surface area contributed by atoms with Gasteiger partial charge in [-0.3, -0.25) is 9.59 Å². The van der Waals surface area contributed by atoms with Crippen molar-refractivity contribution in [2.45, 2.75) is 0 Å². The topological polar surface area (TPSA) is 52.7 Å². The minimum Gasteiger partial charge on any atom is -0.368 e. The van der Waals surface area contributed by atoms with Crippen LogP contribution in [0.15, 0.2) is 82.6 Å². The molecular weight excluding hydrogens is 498 g/mol. The third-order valence-electron chi connectivity index (χ3n) is 5.90. The molecule has 166 valence electrons. The molecule has 2 heterocycles. The normalized spacial score (nSPS) is 13.8. The number of nitrogens with zero attached hydrogens (tertiary/aromatic N) is 2. The Labute approximate surface area is 204 Å². The Hall–Kier alpha value is -3.16. The van der Waals surface area contributed by atoms with E-state index in [-0.39, 0.29) is 11.8 Å². The molecule has 1 aliphatic rings. The first-order valence-corrected chi connectivity index (χ1v) is 12.4. The highest BCUT2D eigenvalue weighted by atomic mass is 79.9. The van der Waals surface area contributed by atoms with Gasteiger partial charge in [-0.25, -0.2) is 0 Å². The molecule has 7 heteroatoms. The van der Waals surface area contributed by atoms with Gasteiger partial charge in [0.25, 0.3) is 11.8 Å². The highest BCUT2D eigenvalue weighted by molar-refractivity contribution is 9.10. The van der Waals surface area contributed by atoms with E-state index >= 15 is 0 Å². The van der Waals surface area contributed by atoms with Crippen LogP contribution in [0.3, 0.4) is 0 Å². The number of hydrogen-bond donors (Lipinski definition) is 1. The van der Waals surface area contributed by atoms with Gasteiger partial charge < -0.3 is 15.1 Å². The zero-order valence-electron chi connectivity index (χ0n) is 17.8. The van der Waals surface area contributed by atoms with Crippen LogP contribution in [-0.2, 0) is 0 Å². The molecule has 0 aliphatic carbocycles. The number of hydrogen-bond acceptors (Lipinski definition) is 4. The third kappa shape index (κ3) is 4.51. The van der Waals surface area contributed by atoms with Gasteiger partial charge in [0.05, 0.1) is 4.88 Å². The average Bonchev–Trinajstić information content (AvgIpc) is 3.39. The maximum absolute atomic E-state index is 12.9. The largest absolute Gasteiger partial charge is 0.368 e. The van der Waals surface area contributed by atoms with Crippen molar-refractivity contribution in [3.05, 3.63) is 93.1 Å². The van der Waals surface area contributed by atoms with Crippen molar-refractivity contribution in [1.29, 1.82) is 0 Å². The molecule has 1 aliphatic heterocycles. The highest BCUT2D eigenvalue weighted by Crippen LogP contribution is 2.27. The molecule has 0 atom stereocenters. The Balaban J connectivity index is 1.23. The number of anilines is 2. The zero-order valence-corrected chi connectivity index (χ0v) is 20.2. The smallest absolute Gasteiger partial charge is 0.264 e. The quantitative estimate of drug-likeness (QED) is 0.366. The van der Waals surface area contributed by atoms with Crippen LogP contribution >= 0.6 is 27.3 Å². The summed E-state index contributed by atoms with van der Waals surface area (Å²) in [7, 11) is 0. The second kappa shape index (κ2) is 9.37. The standard InChI is InChI=1S/C26H22BrN3O2S/c27-23-7-2-4-20-21(23)5-1-6-22(20)25(31)28-18-9-11-19(12-10-18)29-13-15-30(16-14-29)26(32)24-8-3-17-33-24/h1-12,17H,13-16H2,(H,28,31). The maximum atomic E-state index is 12.9. The van der Waals surface area contributed by atoms with Crippen LogP contribution in [0, 0.1) is 0 Å². The van der Waals surface area contributed by atoms with Crippen LogP contribution in [0.5, 0.6) is 0 Å². The molecule has 33 heavy (non-hydrogen) atoms. The lowest BCUT2D eigenvalue weighted by atomic mass is 10.0. The summed E-state index contributed by atoms with van der Waals surface area (Å²) < 4.78 is 0.969. The molecule has 1 saturated heterocycles. The molecule has 4 aromatic rings. The van der Waals surface area contributed by atoms with Crippen LogP contribution in [0.25, 0.3) is 10.8 Å². The Morgan fingerprint density at radius 2 is 1.55 bits per heavy atom. The lowest BCUT2D eigenvalue weighted by Gasteiger charge is -2.36. The lowest BCUT2D eigenvalue weighted by Crippen LogP contribution is -2.48. The fourth-order valence-corrected chi connectivity index (χ4v) is 5.34. The number of carbonyl (C=O) groups is 2. The van der Waals surface area contributed by atoms with Gasteiger partial charge >= 0.3 is 0 Å². The number of fused-ring (bicyclic) bond motifs is 1. The summed E-state index contributed by atoms with van der Waals surface area (Å²) in [5.74, 6) is -0.0182. The minimum absolute atomic E-state index is 0.114. The number of amides is 2. The Morgan fingerprint density at radius 3 is 2.27 bits per heavy atom. The number of carbonyl (C=O) groups excluding carboxylic acids is 2. The third-order valence-corrected chi connectivity index (χ3v) is 7.45. The van der Waals surface area contributed by atoms with Crippen molar-refractivity contribution >= 4 is 61.2 Å². The molecule has 5 nitrogen and oxygen atoms in total. The van der Waals surface area contributed by atoms with Crippen molar-refractivity contribution in [2.24, 2.45) is 0 Å².